The maximum Gasteiger partial charge on any atom is 0.182 e. The number of rotatable bonds is 0. The monoisotopic (exact) mass is 181 g/mol. The van der Waals surface area contributed by atoms with E-state index in [0.717, 1.165) is 5.39 Å². The first-order chi connectivity index (χ1) is 5.70. The Morgan fingerprint density at radius 3 is 2.75 bits per heavy atom. The molecule has 1 aromatic heterocycles. The quantitative estimate of drug-likeness (QED) is 0.429. The molecule has 0 aliphatic rings. The second kappa shape index (κ2) is 2.28. The van der Waals surface area contributed by atoms with Gasteiger partial charge in [0.15, 0.2) is 11.5 Å². The molecule has 0 bridgehead atoms. The van der Waals surface area contributed by atoms with Gasteiger partial charge < -0.3 is 15.9 Å². The molecule has 3 nitrogen and oxygen atoms in total. The number of aromatic hydroxyl groups is 2. The molecule has 0 aliphatic carbocycles. The normalized spacial score (nSPS) is 10.7. The third-order valence-electron chi connectivity index (χ3n) is 1.72. The molecule has 0 unspecified atom stereocenters. The lowest BCUT2D eigenvalue weighted by Crippen LogP contribution is -1.84. The third-order valence-corrected chi connectivity index (χ3v) is 2.66. The number of fused-ring (bicyclic) bond motifs is 1. The highest BCUT2D eigenvalue weighted by atomic mass is 32.1. The van der Waals surface area contributed by atoms with Gasteiger partial charge in [-0.1, -0.05) is 0 Å². The van der Waals surface area contributed by atoms with E-state index >= 15 is 0 Å². The topological polar surface area (TPSA) is 66.5 Å². The van der Waals surface area contributed by atoms with Gasteiger partial charge in [-0.2, -0.15) is 0 Å². The number of benzene rings is 1. The lowest BCUT2D eigenvalue weighted by molar-refractivity contribution is 0.410. The summed E-state index contributed by atoms with van der Waals surface area (Å²) < 4.78 is 0.668. The van der Waals surface area contributed by atoms with E-state index in [1.807, 2.05) is 11.4 Å². The second-order valence-corrected chi connectivity index (χ2v) is 3.42. The second-order valence-electron chi connectivity index (χ2n) is 2.50. The van der Waals surface area contributed by atoms with Crippen molar-refractivity contribution in [1.29, 1.82) is 0 Å². The molecule has 0 saturated heterocycles. The summed E-state index contributed by atoms with van der Waals surface area (Å²) in [6, 6.07) is 3.48. The minimum Gasteiger partial charge on any atom is -0.503 e. The molecule has 2 rings (SSSR count). The van der Waals surface area contributed by atoms with Crippen LogP contribution in [0.1, 0.15) is 0 Å². The molecule has 4 heteroatoms. The van der Waals surface area contributed by atoms with E-state index in [4.69, 9.17) is 5.73 Å². The van der Waals surface area contributed by atoms with Gasteiger partial charge in [-0.3, -0.25) is 0 Å². The number of phenolic OH excluding ortho intramolecular Hbond substituents is 2. The van der Waals surface area contributed by atoms with Crippen LogP contribution in [0.3, 0.4) is 0 Å². The van der Waals surface area contributed by atoms with Crippen molar-refractivity contribution in [2.24, 2.45) is 0 Å². The summed E-state index contributed by atoms with van der Waals surface area (Å²) in [5.41, 5.74) is 5.65. The summed E-state index contributed by atoms with van der Waals surface area (Å²) in [5.74, 6) is -0.357. The maximum atomic E-state index is 9.41. The summed E-state index contributed by atoms with van der Waals surface area (Å²) in [6.45, 7) is 0. The van der Waals surface area contributed by atoms with Crippen molar-refractivity contribution < 1.29 is 10.2 Å². The van der Waals surface area contributed by atoms with Crippen LogP contribution in [-0.2, 0) is 0 Å². The number of hydrogen-bond acceptors (Lipinski definition) is 4. The molecular weight excluding hydrogens is 174 g/mol. The van der Waals surface area contributed by atoms with Gasteiger partial charge in [-0.05, 0) is 22.9 Å². The van der Waals surface area contributed by atoms with Gasteiger partial charge in [0.25, 0.3) is 0 Å². The Bertz CT molecular complexity index is 436. The predicted molar refractivity (Wildman–Crippen MR) is 49.6 cm³/mol. The number of nitrogen functional groups attached to an aromatic ring is 1. The van der Waals surface area contributed by atoms with Gasteiger partial charge in [-0.25, -0.2) is 0 Å². The van der Waals surface area contributed by atoms with Crippen molar-refractivity contribution in [2.75, 3.05) is 5.73 Å². The SMILES string of the molecule is Nc1cc2ccsc2c(O)c1O. The largest absolute Gasteiger partial charge is 0.503 e. The Kier molecular flexibility index (Phi) is 1.38. The first kappa shape index (κ1) is 7.24. The molecule has 4 N–H and O–H groups in total. The Labute approximate surface area is 72.7 Å². The Hall–Kier alpha value is -1.42. The number of nitrogens with two attached hydrogens (primary N) is 1. The molecule has 0 radical (unpaired) electrons. The van der Waals surface area contributed by atoms with Crippen LogP contribution >= 0.6 is 11.3 Å². The fourth-order valence-corrected chi connectivity index (χ4v) is 1.93. The van der Waals surface area contributed by atoms with Crippen LogP contribution in [0.2, 0.25) is 0 Å². The first-order valence-corrected chi connectivity index (χ1v) is 4.25. The highest BCUT2D eigenvalue weighted by Gasteiger charge is 2.09. The van der Waals surface area contributed by atoms with Crippen LogP contribution in [-0.4, -0.2) is 10.2 Å². The van der Waals surface area contributed by atoms with E-state index in [1.54, 1.807) is 6.07 Å². The summed E-state index contributed by atoms with van der Waals surface area (Å²) in [6.07, 6.45) is 0. The van der Waals surface area contributed by atoms with Crippen molar-refractivity contribution in [3.63, 3.8) is 0 Å². The molecule has 0 aliphatic heterocycles. The zero-order chi connectivity index (χ0) is 8.72. The lowest BCUT2D eigenvalue weighted by atomic mass is 10.2. The van der Waals surface area contributed by atoms with E-state index in [2.05, 4.69) is 0 Å². The fraction of sp³-hybridized carbons (Fsp3) is 0. The molecule has 1 aromatic carbocycles. The van der Waals surface area contributed by atoms with Gasteiger partial charge in [-0.15, -0.1) is 11.3 Å². The smallest absolute Gasteiger partial charge is 0.182 e. The minimum absolute atomic E-state index is 0.125. The summed E-state index contributed by atoms with van der Waals surface area (Å²) in [4.78, 5) is 0. The summed E-state index contributed by atoms with van der Waals surface area (Å²) >= 11 is 1.37. The standard InChI is InChI=1S/C8H7NO2S/c9-5-3-4-1-2-12-8(4)7(11)6(5)10/h1-3,10-11H,9H2. The number of phenols is 2. The molecule has 62 valence electrons. The van der Waals surface area contributed by atoms with E-state index in [0.29, 0.717) is 4.70 Å². The van der Waals surface area contributed by atoms with Gasteiger partial charge >= 0.3 is 0 Å². The third kappa shape index (κ3) is 0.816. The lowest BCUT2D eigenvalue weighted by Gasteiger charge is -2.01. The predicted octanol–water partition coefficient (Wildman–Crippen LogP) is 1.89. The van der Waals surface area contributed by atoms with Crippen LogP contribution in [0, 0.1) is 0 Å². The van der Waals surface area contributed by atoms with Crippen LogP contribution in [0.15, 0.2) is 17.5 Å². The van der Waals surface area contributed by atoms with Gasteiger partial charge in [0.2, 0.25) is 0 Å². The van der Waals surface area contributed by atoms with Gasteiger partial charge in [0.1, 0.15) is 0 Å². The highest BCUT2D eigenvalue weighted by molar-refractivity contribution is 7.17. The zero-order valence-electron chi connectivity index (χ0n) is 6.11. The van der Waals surface area contributed by atoms with Gasteiger partial charge in [0, 0.05) is 0 Å². The summed E-state index contributed by atoms with van der Waals surface area (Å²) in [7, 11) is 0. The molecule has 1 heterocycles. The summed E-state index contributed by atoms with van der Waals surface area (Å²) in [5, 5.41) is 21.4. The molecule has 0 saturated carbocycles. The fourth-order valence-electron chi connectivity index (χ4n) is 1.11. The maximum absolute atomic E-state index is 9.41. The van der Waals surface area contributed by atoms with Crippen molar-refractivity contribution in [3.8, 4) is 11.5 Å². The first-order valence-electron chi connectivity index (χ1n) is 3.38. The number of hydrogen-bond donors (Lipinski definition) is 3. The van der Waals surface area contributed by atoms with Crippen LogP contribution in [0.4, 0.5) is 5.69 Å². The van der Waals surface area contributed by atoms with Crippen molar-refractivity contribution in [3.05, 3.63) is 17.5 Å². The van der Waals surface area contributed by atoms with Crippen molar-refractivity contribution in [2.45, 2.75) is 0 Å². The van der Waals surface area contributed by atoms with Crippen molar-refractivity contribution >= 4 is 27.1 Å². The molecule has 0 amide bonds. The Morgan fingerprint density at radius 1 is 1.25 bits per heavy atom. The molecule has 12 heavy (non-hydrogen) atoms. The average molecular weight is 181 g/mol. The van der Waals surface area contributed by atoms with E-state index in [9.17, 15) is 10.2 Å². The van der Waals surface area contributed by atoms with E-state index < -0.39 is 0 Å². The molecule has 0 atom stereocenters. The average Bonchev–Trinajstić information content (AvgIpc) is 2.48. The number of anilines is 1. The van der Waals surface area contributed by atoms with Crippen molar-refractivity contribution in [1.82, 2.24) is 0 Å². The highest BCUT2D eigenvalue weighted by Crippen LogP contribution is 2.41. The Morgan fingerprint density at radius 2 is 2.00 bits per heavy atom. The van der Waals surface area contributed by atoms with E-state index in [-0.39, 0.29) is 17.2 Å². The zero-order valence-corrected chi connectivity index (χ0v) is 6.93. The van der Waals surface area contributed by atoms with E-state index in [1.165, 1.54) is 11.3 Å². The Balaban J connectivity index is 2.94. The number of thiophene rings is 1. The molecule has 2 aromatic rings. The van der Waals surface area contributed by atoms with Crippen LogP contribution in [0.25, 0.3) is 10.1 Å². The molecule has 0 fully saturated rings. The molecular formula is C8H7NO2S. The van der Waals surface area contributed by atoms with Gasteiger partial charge in [0.05, 0.1) is 10.4 Å². The minimum atomic E-state index is -0.232. The van der Waals surface area contributed by atoms with Crippen LogP contribution in [0.5, 0.6) is 11.5 Å². The molecule has 0 spiro atoms. The van der Waals surface area contributed by atoms with Crippen LogP contribution < -0.4 is 5.73 Å².